The molecule has 2 aliphatic carbocycles. The van der Waals surface area contributed by atoms with Crippen LogP contribution >= 0.6 is 11.3 Å². The number of rotatable bonds is 4. The molecule has 0 N–H and O–H groups in total. The summed E-state index contributed by atoms with van der Waals surface area (Å²) in [6.07, 6.45) is 11.0. The quantitative estimate of drug-likeness (QED) is 0.635. The van der Waals surface area contributed by atoms with E-state index in [1.807, 2.05) is 12.1 Å². The first-order valence-corrected chi connectivity index (χ1v) is 11.6. The SMILES string of the molecule is COc1ccccc1-c1csc(=NC2CCCCC2)n1N=C1CCC(C)CC1. The molecule has 1 heterocycles. The second-order valence-electron chi connectivity index (χ2n) is 8.19. The third kappa shape index (κ3) is 4.40. The molecule has 0 amide bonds. The predicted molar refractivity (Wildman–Crippen MR) is 117 cm³/mol. The van der Waals surface area contributed by atoms with E-state index < -0.39 is 0 Å². The fraction of sp³-hybridized carbons (Fsp3) is 0.565. The minimum Gasteiger partial charge on any atom is -0.496 e. The van der Waals surface area contributed by atoms with Gasteiger partial charge in [0.1, 0.15) is 5.75 Å². The summed E-state index contributed by atoms with van der Waals surface area (Å²) < 4.78 is 7.73. The van der Waals surface area contributed by atoms with Crippen molar-refractivity contribution in [1.82, 2.24) is 4.68 Å². The summed E-state index contributed by atoms with van der Waals surface area (Å²) in [6.45, 7) is 2.35. The first-order valence-electron chi connectivity index (χ1n) is 10.7. The molecule has 2 aliphatic rings. The van der Waals surface area contributed by atoms with Gasteiger partial charge in [-0.25, -0.2) is 4.68 Å². The molecule has 0 aliphatic heterocycles. The van der Waals surface area contributed by atoms with Crippen LogP contribution in [0.15, 0.2) is 39.7 Å². The lowest BCUT2D eigenvalue weighted by Gasteiger charge is -2.20. The van der Waals surface area contributed by atoms with E-state index in [1.165, 1.54) is 50.7 Å². The van der Waals surface area contributed by atoms with E-state index in [-0.39, 0.29) is 0 Å². The second-order valence-corrected chi connectivity index (χ2v) is 9.02. The average Bonchev–Trinajstić information content (AvgIpc) is 3.12. The van der Waals surface area contributed by atoms with Gasteiger partial charge in [-0.15, -0.1) is 11.3 Å². The number of hydrogen-bond acceptors (Lipinski definition) is 4. The standard InChI is InChI=1S/C23H31N3OS/c1-17-12-14-19(15-13-17)25-26-21(20-10-6-7-11-22(20)27-2)16-28-23(26)24-18-8-4-3-5-9-18/h6-7,10-11,16-18H,3-5,8-9,12-15H2,1-2H3. The van der Waals surface area contributed by atoms with Gasteiger partial charge in [0.05, 0.1) is 18.8 Å². The lowest BCUT2D eigenvalue weighted by atomic mass is 9.90. The number of benzene rings is 1. The summed E-state index contributed by atoms with van der Waals surface area (Å²) in [5.41, 5.74) is 3.47. The minimum absolute atomic E-state index is 0.441. The first-order chi connectivity index (χ1) is 13.7. The van der Waals surface area contributed by atoms with Crippen LogP contribution in [0.1, 0.15) is 64.7 Å². The van der Waals surface area contributed by atoms with Crippen LogP contribution in [0.25, 0.3) is 11.3 Å². The van der Waals surface area contributed by atoms with Crippen molar-refractivity contribution in [3.05, 3.63) is 34.4 Å². The van der Waals surface area contributed by atoms with E-state index >= 15 is 0 Å². The van der Waals surface area contributed by atoms with Gasteiger partial charge < -0.3 is 4.74 Å². The van der Waals surface area contributed by atoms with Crippen LogP contribution in [0.2, 0.25) is 0 Å². The molecule has 4 rings (SSSR count). The lowest BCUT2D eigenvalue weighted by molar-refractivity contribution is 0.416. The molecule has 150 valence electrons. The molecule has 0 unspecified atom stereocenters. The Labute approximate surface area is 172 Å². The highest BCUT2D eigenvalue weighted by Gasteiger charge is 2.18. The normalized spacial score (nSPS) is 21.7. The lowest BCUT2D eigenvalue weighted by Crippen LogP contribution is -2.21. The van der Waals surface area contributed by atoms with Gasteiger partial charge in [-0.1, -0.05) is 38.3 Å². The van der Waals surface area contributed by atoms with Gasteiger partial charge in [0, 0.05) is 16.7 Å². The number of ether oxygens (including phenoxy) is 1. The predicted octanol–water partition coefficient (Wildman–Crippen LogP) is 5.87. The fourth-order valence-electron chi connectivity index (χ4n) is 4.23. The van der Waals surface area contributed by atoms with Crippen molar-refractivity contribution >= 4 is 17.0 Å². The molecule has 0 atom stereocenters. The zero-order chi connectivity index (χ0) is 19.3. The molecule has 4 nitrogen and oxygen atoms in total. The van der Waals surface area contributed by atoms with Gasteiger partial charge >= 0.3 is 0 Å². The van der Waals surface area contributed by atoms with Crippen LogP contribution in [0.4, 0.5) is 0 Å². The van der Waals surface area contributed by atoms with Crippen molar-refractivity contribution < 1.29 is 4.74 Å². The molecule has 0 spiro atoms. The Morgan fingerprint density at radius 3 is 2.54 bits per heavy atom. The Kier molecular flexibility index (Phi) is 6.30. The van der Waals surface area contributed by atoms with E-state index in [0.29, 0.717) is 6.04 Å². The maximum atomic E-state index is 5.63. The van der Waals surface area contributed by atoms with Crippen LogP contribution in [-0.4, -0.2) is 23.5 Å². The maximum Gasteiger partial charge on any atom is 0.206 e. The maximum absolute atomic E-state index is 5.63. The van der Waals surface area contributed by atoms with Crippen molar-refractivity contribution in [2.75, 3.05) is 7.11 Å². The summed E-state index contributed by atoms with van der Waals surface area (Å²) in [5.74, 6) is 1.70. The van der Waals surface area contributed by atoms with Crippen molar-refractivity contribution in [2.45, 2.75) is 70.8 Å². The molecule has 1 aromatic heterocycles. The molecule has 0 saturated heterocycles. The zero-order valence-electron chi connectivity index (χ0n) is 17.1. The highest BCUT2D eigenvalue weighted by Crippen LogP contribution is 2.31. The number of para-hydroxylation sites is 1. The Morgan fingerprint density at radius 2 is 1.79 bits per heavy atom. The van der Waals surface area contributed by atoms with Crippen molar-refractivity contribution in [2.24, 2.45) is 16.0 Å². The van der Waals surface area contributed by atoms with Gasteiger partial charge in [0.15, 0.2) is 0 Å². The topological polar surface area (TPSA) is 38.9 Å². The zero-order valence-corrected chi connectivity index (χ0v) is 17.9. The minimum atomic E-state index is 0.441. The molecular weight excluding hydrogens is 366 g/mol. The first kappa shape index (κ1) is 19.4. The molecule has 2 aromatic rings. The van der Waals surface area contributed by atoms with Crippen LogP contribution < -0.4 is 9.54 Å². The van der Waals surface area contributed by atoms with Gasteiger partial charge in [-0.2, -0.15) is 5.10 Å². The molecular formula is C23H31N3OS. The molecule has 2 saturated carbocycles. The Balaban J connectivity index is 1.78. The smallest absolute Gasteiger partial charge is 0.206 e. The highest BCUT2D eigenvalue weighted by atomic mass is 32.1. The molecule has 5 heteroatoms. The third-order valence-electron chi connectivity index (χ3n) is 6.03. The average molecular weight is 398 g/mol. The van der Waals surface area contributed by atoms with Gasteiger partial charge in [-0.05, 0) is 56.6 Å². The summed E-state index contributed by atoms with van der Waals surface area (Å²) in [6, 6.07) is 8.65. The Bertz CT molecular complexity index is 879. The van der Waals surface area contributed by atoms with E-state index in [4.69, 9.17) is 14.8 Å². The largest absolute Gasteiger partial charge is 0.496 e. The van der Waals surface area contributed by atoms with E-state index in [9.17, 15) is 0 Å². The number of nitrogens with zero attached hydrogens (tertiary/aromatic N) is 3. The molecule has 1 aromatic carbocycles. The summed E-state index contributed by atoms with van der Waals surface area (Å²) in [7, 11) is 1.73. The Morgan fingerprint density at radius 1 is 1.04 bits per heavy atom. The van der Waals surface area contributed by atoms with Crippen LogP contribution in [-0.2, 0) is 0 Å². The van der Waals surface area contributed by atoms with Crippen LogP contribution in [0, 0.1) is 5.92 Å². The van der Waals surface area contributed by atoms with E-state index in [0.717, 1.165) is 40.6 Å². The summed E-state index contributed by atoms with van der Waals surface area (Å²) in [4.78, 5) is 6.16. The molecule has 0 bridgehead atoms. The van der Waals surface area contributed by atoms with E-state index in [2.05, 4.69) is 29.1 Å². The molecule has 2 fully saturated rings. The fourth-order valence-corrected chi connectivity index (χ4v) is 5.12. The number of aromatic nitrogens is 1. The van der Waals surface area contributed by atoms with Gasteiger partial charge in [0.25, 0.3) is 0 Å². The van der Waals surface area contributed by atoms with Gasteiger partial charge in [-0.3, -0.25) is 4.99 Å². The van der Waals surface area contributed by atoms with Crippen LogP contribution in [0.5, 0.6) is 5.75 Å². The summed E-state index contributed by atoms with van der Waals surface area (Å²) >= 11 is 1.71. The number of thiazole rings is 1. The number of methoxy groups -OCH3 is 1. The highest BCUT2D eigenvalue weighted by molar-refractivity contribution is 7.07. The Hall–Kier alpha value is -1.88. The van der Waals surface area contributed by atoms with Crippen molar-refractivity contribution in [1.29, 1.82) is 0 Å². The van der Waals surface area contributed by atoms with Crippen LogP contribution in [0.3, 0.4) is 0 Å². The van der Waals surface area contributed by atoms with E-state index in [1.54, 1.807) is 18.4 Å². The monoisotopic (exact) mass is 397 g/mol. The van der Waals surface area contributed by atoms with Crippen molar-refractivity contribution in [3.8, 4) is 17.0 Å². The van der Waals surface area contributed by atoms with Crippen molar-refractivity contribution in [3.63, 3.8) is 0 Å². The van der Waals surface area contributed by atoms with Gasteiger partial charge in [0.2, 0.25) is 4.80 Å². The summed E-state index contributed by atoms with van der Waals surface area (Å²) in [5, 5.41) is 7.31. The second kappa shape index (κ2) is 9.08. The molecule has 0 radical (unpaired) electrons. The third-order valence-corrected chi connectivity index (χ3v) is 6.86. The number of hydrogen-bond donors (Lipinski definition) is 0. The molecule has 28 heavy (non-hydrogen) atoms.